The number of carboxylic acid groups (broad SMARTS) is 1. The van der Waals surface area contributed by atoms with E-state index in [0.29, 0.717) is 18.6 Å². The molecular weight excluding hydrogens is 552 g/mol. The third-order valence-electron chi connectivity index (χ3n) is 8.21. The van der Waals surface area contributed by atoms with Crippen molar-refractivity contribution in [3.63, 3.8) is 0 Å². The molecule has 11 heteroatoms. The summed E-state index contributed by atoms with van der Waals surface area (Å²) in [5.74, 6) is -1.83. The first-order valence-electron chi connectivity index (χ1n) is 15.0. The minimum atomic E-state index is -1.41. The van der Waals surface area contributed by atoms with Gasteiger partial charge in [-0.1, -0.05) is 37.1 Å². The van der Waals surface area contributed by atoms with E-state index in [1.54, 1.807) is 33.0 Å². The predicted molar refractivity (Wildman–Crippen MR) is 158 cm³/mol. The van der Waals surface area contributed by atoms with Gasteiger partial charge in [0.2, 0.25) is 11.8 Å². The highest BCUT2D eigenvalue weighted by Crippen LogP contribution is 2.45. The summed E-state index contributed by atoms with van der Waals surface area (Å²) >= 11 is 0. The number of para-hydroxylation sites is 1. The lowest BCUT2D eigenvalue weighted by Gasteiger charge is -2.30. The van der Waals surface area contributed by atoms with Crippen LogP contribution in [0.5, 0.6) is 5.75 Å². The molecule has 0 unspecified atom stereocenters. The summed E-state index contributed by atoms with van der Waals surface area (Å²) in [6, 6.07) is 7.36. The van der Waals surface area contributed by atoms with Gasteiger partial charge in [0.05, 0.1) is 12.1 Å². The fraction of sp³-hybridized carbons (Fsp3) is 0.531. The van der Waals surface area contributed by atoms with E-state index in [-0.39, 0.29) is 25.3 Å². The van der Waals surface area contributed by atoms with Crippen LogP contribution in [0.25, 0.3) is 10.9 Å². The SMILES string of the molecule is CC(C)(C)OC(=O)N[C@@H]1CCCCC/C=C\[C@@H]2C[C@@]2(C(=O)O)NC(=O)[C@@H]2C[C@@H](Oc3ccnc4ccccc34)CN2C1=O. The Balaban J connectivity index is 1.44. The average molecular weight is 593 g/mol. The molecule has 1 aromatic carbocycles. The number of alkyl carbamates (subject to hydrolysis) is 1. The molecule has 3 amide bonds. The second kappa shape index (κ2) is 12.2. The van der Waals surface area contributed by atoms with Crippen molar-refractivity contribution in [2.75, 3.05) is 6.54 Å². The molecule has 11 nitrogen and oxygen atoms in total. The van der Waals surface area contributed by atoms with Gasteiger partial charge in [-0.15, -0.1) is 0 Å². The summed E-state index contributed by atoms with van der Waals surface area (Å²) in [7, 11) is 0. The highest BCUT2D eigenvalue weighted by molar-refractivity contribution is 5.96. The molecule has 3 heterocycles. The first-order valence-corrected chi connectivity index (χ1v) is 15.0. The predicted octanol–water partition coefficient (Wildman–Crippen LogP) is 3.96. The van der Waals surface area contributed by atoms with Crippen molar-refractivity contribution in [1.29, 1.82) is 0 Å². The Morgan fingerprint density at radius 2 is 1.93 bits per heavy atom. The molecule has 5 rings (SSSR count). The molecule has 0 radical (unpaired) electrons. The smallest absolute Gasteiger partial charge is 0.408 e. The van der Waals surface area contributed by atoms with Gasteiger partial charge in [0.15, 0.2) is 0 Å². The fourth-order valence-corrected chi connectivity index (χ4v) is 5.95. The van der Waals surface area contributed by atoms with Crippen LogP contribution in [0.1, 0.15) is 65.7 Å². The van der Waals surface area contributed by atoms with Gasteiger partial charge in [0, 0.05) is 23.9 Å². The van der Waals surface area contributed by atoms with Crippen molar-refractivity contribution in [2.24, 2.45) is 5.92 Å². The van der Waals surface area contributed by atoms with Gasteiger partial charge < -0.3 is 30.1 Å². The number of carbonyl (C=O) groups excluding carboxylic acids is 3. The lowest BCUT2D eigenvalue weighted by atomic mass is 10.0. The molecule has 3 N–H and O–H groups in total. The lowest BCUT2D eigenvalue weighted by molar-refractivity contribution is -0.145. The Hall–Kier alpha value is -4.15. The standard InChI is InChI=1S/C32H40N4O7/c1-31(2,3)43-30(41)34-24-14-8-6-4-5-7-11-20-18-32(20,29(39)40)35-27(37)25-17-21(19-36(25)28(24)38)42-26-15-16-33-23-13-10-9-12-22(23)26/h7,9-13,15-16,20-21,24-25H,4-6,8,14,17-19H2,1-3H3,(H,34,41)(H,35,37)(H,39,40)/b11-7-/t20-,21-,24-,25+,32-/m1/s1. The van der Waals surface area contributed by atoms with Crippen LogP contribution in [0.15, 0.2) is 48.7 Å². The van der Waals surface area contributed by atoms with Crippen LogP contribution in [0.3, 0.4) is 0 Å². The van der Waals surface area contributed by atoms with Crippen LogP contribution >= 0.6 is 0 Å². The number of fused-ring (bicyclic) bond motifs is 3. The summed E-state index contributed by atoms with van der Waals surface area (Å²) in [6.07, 6.45) is 8.14. The average Bonchev–Trinajstić information content (AvgIpc) is 3.48. The van der Waals surface area contributed by atoms with Crippen molar-refractivity contribution >= 4 is 34.8 Å². The van der Waals surface area contributed by atoms with Gasteiger partial charge in [-0.2, -0.15) is 0 Å². The molecular formula is C32H40N4O7. The van der Waals surface area contributed by atoms with Gasteiger partial charge in [-0.25, -0.2) is 9.59 Å². The maximum Gasteiger partial charge on any atom is 0.408 e. The van der Waals surface area contributed by atoms with Gasteiger partial charge in [0.25, 0.3) is 0 Å². The molecule has 230 valence electrons. The second-order valence-electron chi connectivity index (χ2n) is 12.6. The van der Waals surface area contributed by atoms with Crippen LogP contribution in [0.2, 0.25) is 0 Å². The summed E-state index contributed by atoms with van der Waals surface area (Å²) in [5.41, 5.74) is -1.41. The maximum atomic E-state index is 14.1. The molecule has 1 saturated carbocycles. The van der Waals surface area contributed by atoms with Crippen molar-refractivity contribution in [1.82, 2.24) is 20.5 Å². The minimum absolute atomic E-state index is 0.0868. The molecule has 2 aliphatic heterocycles. The second-order valence-corrected chi connectivity index (χ2v) is 12.6. The number of rotatable bonds is 4. The minimum Gasteiger partial charge on any atom is -0.488 e. The van der Waals surface area contributed by atoms with Crippen LogP contribution in [-0.2, 0) is 19.1 Å². The number of ether oxygens (including phenoxy) is 2. The number of carboxylic acids is 1. The summed E-state index contributed by atoms with van der Waals surface area (Å²) < 4.78 is 11.8. The number of nitrogens with zero attached hydrogens (tertiary/aromatic N) is 2. The third-order valence-corrected chi connectivity index (χ3v) is 8.21. The van der Waals surface area contributed by atoms with E-state index in [4.69, 9.17) is 9.47 Å². The van der Waals surface area contributed by atoms with E-state index >= 15 is 0 Å². The molecule has 0 spiro atoms. The lowest BCUT2D eigenvalue weighted by Crippen LogP contribution is -2.56. The Labute approximate surface area is 251 Å². The number of aliphatic carboxylic acids is 1. The molecule has 3 aliphatic rings. The number of aromatic nitrogens is 1. The number of carbonyl (C=O) groups is 4. The number of amides is 3. The number of nitrogens with one attached hydrogen (secondary N) is 2. The highest BCUT2D eigenvalue weighted by atomic mass is 16.6. The van der Waals surface area contributed by atoms with Crippen molar-refractivity contribution in [2.45, 2.75) is 95.0 Å². The molecule has 1 aliphatic carbocycles. The molecule has 1 saturated heterocycles. The molecule has 1 aromatic heterocycles. The molecule has 2 aromatic rings. The Morgan fingerprint density at radius 3 is 2.70 bits per heavy atom. The van der Waals surface area contributed by atoms with E-state index in [1.165, 1.54) is 4.90 Å². The van der Waals surface area contributed by atoms with Gasteiger partial charge in [-0.05, 0) is 64.7 Å². The summed E-state index contributed by atoms with van der Waals surface area (Å²) in [5, 5.41) is 16.4. The van der Waals surface area contributed by atoms with Crippen LogP contribution < -0.4 is 15.4 Å². The van der Waals surface area contributed by atoms with Gasteiger partial charge in [0.1, 0.15) is 35.1 Å². The van der Waals surface area contributed by atoms with Crippen molar-refractivity contribution in [3.05, 3.63) is 48.7 Å². The zero-order valence-electron chi connectivity index (χ0n) is 24.9. The van der Waals surface area contributed by atoms with E-state index in [2.05, 4.69) is 15.6 Å². The van der Waals surface area contributed by atoms with Gasteiger partial charge >= 0.3 is 12.1 Å². The summed E-state index contributed by atoms with van der Waals surface area (Å²) in [6.45, 7) is 5.32. The Bertz CT molecular complexity index is 1410. The number of pyridine rings is 1. The summed E-state index contributed by atoms with van der Waals surface area (Å²) in [4.78, 5) is 58.8. The monoisotopic (exact) mass is 592 g/mol. The number of hydrogen-bond donors (Lipinski definition) is 3. The normalized spacial score (nSPS) is 28.9. The third kappa shape index (κ3) is 6.92. The van der Waals surface area contributed by atoms with Crippen LogP contribution in [0.4, 0.5) is 4.79 Å². The Kier molecular flexibility index (Phi) is 8.62. The zero-order chi connectivity index (χ0) is 30.8. The van der Waals surface area contributed by atoms with E-state index in [0.717, 1.165) is 30.2 Å². The number of hydrogen-bond acceptors (Lipinski definition) is 7. The number of allylic oxidation sites excluding steroid dienone is 1. The number of benzene rings is 1. The molecule has 5 atom stereocenters. The van der Waals surface area contributed by atoms with Crippen LogP contribution in [0, 0.1) is 5.92 Å². The van der Waals surface area contributed by atoms with Crippen LogP contribution in [-0.4, -0.2) is 74.7 Å². The van der Waals surface area contributed by atoms with Gasteiger partial charge in [-0.3, -0.25) is 14.6 Å². The topological polar surface area (TPSA) is 147 Å². The fourth-order valence-electron chi connectivity index (χ4n) is 5.95. The van der Waals surface area contributed by atoms with E-state index in [9.17, 15) is 24.3 Å². The van der Waals surface area contributed by atoms with E-state index in [1.807, 2.05) is 36.4 Å². The van der Waals surface area contributed by atoms with Crippen molar-refractivity contribution in [3.8, 4) is 5.75 Å². The first-order chi connectivity index (χ1) is 20.5. The molecule has 43 heavy (non-hydrogen) atoms. The maximum absolute atomic E-state index is 14.1. The van der Waals surface area contributed by atoms with E-state index < -0.39 is 53.2 Å². The zero-order valence-corrected chi connectivity index (χ0v) is 24.9. The Morgan fingerprint density at radius 1 is 1.14 bits per heavy atom. The largest absolute Gasteiger partial charge is 0.488 e. The first kappa shape index (κ1) is 30.3. The molecule has 2 fully saturated rings. The van der Waals surface area contributed by atoms with Crippen molar-refractivity contribution < 1.29 is 33.8 Å². The highest BCUT2D eigenvalue weighted by Gasteiger charge is 2.61. The molecule has 0 bridgehead atoms. The quantitative estimate of drug-likeness (QED) is 0.452.